The highest BCUT2D eigenvalue weighted by molar-refractivity contribution is 5.60. The molecule has 0 spiro atoms. The van der Waals surface area contributed by atoms with Crippen LogP contribution in [0.4, 0.5) is 5.69 Å². The molecule has 0 amide bonds. The summed E-state index contributed by atoms with van der Waals surface area (Å²) in [5.41, 5.74) is 3.33. The first-order valence-corrected chi connectivity index (χ1v) is 6.77. The van der Waals surface area contributed by atoms with Gasteiger partial charge in [0.1, 0.15) is 5.75 Å². The molecular formula is C17H21NO3. The largest absolute Gasteiger partial charge is 0.497 e. The van der Waals surface area contributed by atoms with Crippen molar-refractivity contribution >= 4 is 5.69 Å². The van der Waals surface area contributed by atoms with E-state index in [0.717, 1.165) is 35.0 Å². The molecule has 1 N–H and O–H groups in total. The predicted octanol–water partition coefficient (Wildman–Crippen LogP) is 3.63. The van der Waals surface area contributed by atoms with Crippen molar-refractivity contribution in [3.8, 4) is 17.2 Å². The van der Waals surface area contributed by atoms with Crippen molar-refractivity contribution in [1.82, 2.24) is 0 Å². The van der Waals surface area contributed by atoms with E-state index in [1.54, 1.807) is 21.3 Å². The normalized spacial score (nSPS) is 10.1. The van der Waals surface area contributed by atoms with Crippen LogP contribution in [0.5, 0.6) is 17.2 Å². The summed E-state index contributed by atoms with van der Waals surface area (Å²) >= 11 is 0. The van der Waals surface area contributed by atoms with Crippen LogP contribution in [-0.4, -0.2) is 21.3 Å². The molecule has 0 fully saturated rings. The summed E-state index contributed by atoms with van der Waals surface area (Å²) in [6.07, 6.45) is 0. The van der Waals surface area contributed by atoms with Gasteiger partial charge in [-0.2, -0.15) is 0 Å². The molecule has 0 radical (unpaired) electrons. The van der Waals surface area contributed by atoms with E-state index in [-0.39, 0.29) is 0 Å². The monoisotopic (exact) mass is 287 g/mol. The van der Waals surface area contributed by atoms with Gasteiger partial charge in [-0.15, -0.1) is 0 Å². The molecule has 4 heteroatoms. The van der Waals surface area contributed by atoms with Crippen molar-refractivity contribution in [3.05, 3.63) is 47.5 Å². The molecule has 21 heavy (non-hydrogen) atoms. The average Bonchev–Trinajstić information content (AvgIpc) is 2.53. The molecule has 2 aromatic rings. The van der Waals surface area contributed by atoms with Crippen molar-refractivity contribution < 1.29 is 14.2 Å². The molecule has 0 atom stereocenters. The predicted molar refractivity (Wildman–Crippen MR) is 84.6 cm³/mol. The van der Waals surface area contributed by atoms with E-state index in [1.165, 1.54) is 5.56 Å². The van der Waals surface area contributed by atoms with Crippen molar-refractivity contribution in [2.75, 3.05) is 26.6 Å². The van der Waals surface area contributed by atoms with Gasteiger partial charge in [-0.3, -0.25) is 0 Å². The summed E-state index contributed by atoms with van der Waals surface area (Å²) in [5, 5.41) is 3.42. The molecule has 0 unspecified atom stereocenters. The molecule has 2 rings (SSSR count). The molecule has 0 bridgehead atoms. The van der Waals surface area contributed by atoms with Crippen LogP contribution in [0.1, 0.15) is 11.1 Å². The second-order valence-electron chi connectivity index (χ2n) is 4.72. The number of ether oxygens (including phenoxy) is 3. The molecule has 0 saturated heterocycles. The molecule has 0 aliphatic carbocycles. The van der Waals surface area contributed by atoms with Crippen LogP contribution in [0.25, 0.3) is 0 Å². The molecular weight excluding hydrogens is 266 g/mol. The standard InChI is InChI=1S/C17H21NO3/c1-12-9-16(20-3)17(21-4)10-15(12)18-11-13-5-7-14(19-2)8-6-13/h5-10,18H,11H2,1-4H3. The second-order valence-corrected chi connectivity index (χ2v) is 4.72. The van der Waals surface area contributed by atoms with Gasteiger partial charge < -0.3 is 19.5 Å². The number of hydrogen-bond donors (Lipinski definition) is 1. The van der Waals surface area contributed by atoms with Gasteiger partial charge in [-0.1, -0.05) is 12.1 Å². The summed E-state index contributed by atoms with van der Waals surface area (Å²) in [6.45, 7) is 2.78. The Bertz CT molecular complexity index is 594. The highest BCUT2D eigenvalue weighted by atomic mass is 16.5. The highest BCUT2D eigenvalue weighted by Gasteiger charge is 2.08. The molecule has 0 heterocycles. The van der Waals surface area contributed by atoms with Crippen LogP contribution in [-0.2, 0) is 6.54 Å². The van der Waals surface area contributed by atoms with Crippen LogP contribution in [0.3, 0.4) is 0 Å². The van der Waals surface area contributed by atoms with Crippen LogP contribution < -0.4 is 19.5 Å². The third-order valence-corrected chi connectivity index (χ3v) is 3.37. The zero-order chi connectivity index (χ0) is 15.2. The minimum absolute atomic E-state index is 0.723. The Morgan fingerprint density at radius 1 is 0.857 bits per heavy atom. The SMILES string of the molecule is COc1ccc(CNc2cc(OC)c(OC)cc2C)cc1. The van der Waals surface area contributed by atoms with Gasteiger partial charge in [0.25, 0.3) is 0 Å². The van der Waals surface area contributed by atoms with Gasteiger partial charge in [0.2, 0.25) is 0 Å². The Labute approximate surface area is 125 Å². The van der Waals surface area contributed by atoms with Gasteiger partial charge in [-0.25, -0.2) is 0 Å². The van der Waals surface area contributed by atoms with E-state index in [1.807, 2.05) is 43.3 Å². The first-order valence-electron chi connectivity index (χ1n) is 6.77. The molecule has 112 valence electrons. The van der Waals surface area contributed by atoms with E-state index >= 15 is 0 Å². The summed E-state index contributed by atoms with van der Waals surface area (Å²) < 4.78 is 15.8. The third kappa shape index (κ3) is 3.60. The van der Waals surface area contributed by atoms with Crippen LogP contribution in [0.2, 0.25) is 0 Å². The van der Waals surface area contributed by atoms with Crippen LogP contribution in [0.15, 0.2) is 36.4 Å². The van der Waals surface area contributed by atoms with E-state index in [4.69, 9.17) is 14.2 Å². The zero-order valence-electron chi connectivity index (χ0n) is 12.9. The number of hydrogen-bond acceptors (Lipinski definition) is 4. The maximum Gasteiger partial charge on any atom is 0.162 e. The minimum Gasteiger partial charge on any atom is -0.497 e. The molecule has 0 saturated carbocycles. The lowest BCUT2D eigenvalue weighted by atomic mass is 10.1. The lowest BCUT2D eigenvalue weighted by molar-refractivity contribution is 0.355. The lowest BCUT2D eigenvalue weighted by Gasteiger charge is -2.14. The summed E-state index contributed by atoms with van der Waals surface area (Å²) in [6, 6.07) is 11.9. The van der Waals surface area contributed by atoms with E-state index < -0.39 is 0 Å². The zero-order valence-corrected chi connectivity index (χ0v) is 12.9. The van der Waals surface area contributed by atoms with Crippen molar-refractivity contribution in [2.24, 2.45) is 0 Å². The number of benzene rings is 2. The Balaban J connectivity index is 2.11. The van der Waals surface area contributed by atoms with Crippen molar-refractivity contribution in [3.63, 3.8) is 0 Å². The number of anilines is 1. The maximum atomic E-state index is 5.33. The van der Waals surface area contributed by atoms with Gasteiger partial charge in [0.15, 0.2) is 11.5 Å². The number of aryl methyl sites for hydroxylation is 1. The number of nitrogens with one attached hydrogen (secondary N) is 1. The summed E-state index contributed by atoms with van der Waals surface area (Å²) in [7, 11) is 4.95. The average molecular weight is 287 g/mol. The van der Waals surface area contributed by atoms with Gasteiger partial charge >= 0.3 is 0 Å². The van der Waals surface area contributed by atoms with E-state index in [0.29, 0.717) is 0 Å². The Morgan fingerprint density at radius 3 is 2.05 bits per heavy atom. The maximum absolute atomic E-state index is 5.33. The molecule has 0 aliphatic heterocycles. The van der Waals surface area contributed by atoms with E-state index in [2.05, 4.69) is 5.32 Å². The Hall–Kier alpha value is -2.36. The Morgan fingerprint density at radius 2 is 1.48 bits per heavy atom. The molecule has 0 aromatic heterocycles. The van der Waals surface area contributed by atoms with Crippen LogP contribution in [0, 0.1) is 6.92 Å². The van der Waals surface area contributed by atoms with Gasteiger partial charge in [-0.05, 0) is 36.2 Å². The van der Waals surface area contributed by atoms with Crippen molar-refractivity contribution in [2.45, 2.75) is 13.5 Å². The topological polar surface area (TPSA) is 39.7 Å². The first-order chi connectivity index (χ1) is 10.2. The third-order valence-electron chi connectivity index (χ3n) is 3.37. The number of methoxy groups -OCH3 is 3. The Kier molecular flexibility index (Phi) is 4.93. The van der Waals surface area contributed by atoms with Gasteiger partial charge in [0, 0.05) is 18.3 Å². The fraction of sp³-hybridized carbons (Fsp3) is 0.294. The summed E-state index contributed by atoms with van der Waals surface area (Å²) in [4.78, 5) is 0. The number of rotatable bonds is 6. The summed E-state index contributed by atoms with van der Waals surface area (Å²) in [5.74, 6) is 2.33. The minimum atomic E-state index is 0.723. The molecule has 2 aromatic carbocycles. The second kappa shape index (κ2) is 6.88. The quantitative estimate of drug-likeness (QED) is 0.880. The molecule has 0 aliphatic rings. The highest BCUT2D eigenvalue weighted by Crippen LogP contribution is 2.33. The first kappa shape index (κ1) is 15.0. The lowest BCUT2D eigenvalue weighted by Crippen LogP contribution is -2.02. The van der Waals surface area contributed by atoms with Crippen LogP contribution >= 0.6 is 0 Å². The van der Waals surface area contributed by atoms with Crippen molar-refractivity contribution in [1.29, 1.82) is 0 Å². The smallest absolute Gasteiger partial charge is 0.162 e. The fourth-order valence-corrected chi connectivity index (χ4v) is 2.11. The fourth-order valence-electron chi connectivity index (χ4n) is 2.11. The van der Waals surface area contributed by atoms with E-state index in [9.17, 15) is 0 Å². The van der Waals surface area contributed by atoms with Gasteiger partial charge in [0.05, 0.1) is 21.3 Å². The molecule has 4 nitrogen and oxygen atoms in total.